The zero-order valence-electron chi connectivity index (χ0n) is 40.5. The second kappa shape index (κ2) is 28.9. The van der Waals surface area contributed by atoms with Crippen molar-refractivity contribution in [2.75, 3.05) is 19.8 Å². The smallest absolute Gasteiger partial charge is 0.462 e. The van der Waals surface area contributed by atoms with Gasteiger partial charge in [-0.2, -0.15) is 0 Å². The maximum atomic E-state index is 12.7. The number of hydrogen-bond donors (Lipinski definition) is 1. The van der Waals surface area contributed by atoms with Crippen LogP contribution in [-0.2, 0) is 49.1 Å². The van der Waals surface area contributed by atoms with E-state index in [1.807, 2.05) is 6.92 Å². The number of phosphoric ester groups is 1. The second-order valence-electron chi connectivity index (χ2n) is 20.3. The van der Waals surface area contributed by atoms with Gasteiger partial charge in [0.2, 0.25) is 0 Å². The Bertz CT molecular complexity index is 1210. The molecule has 0 saturated carbocycles. The molecule has 0 aliphatic carbocycles. The molecular weight excluding hydrogens is 872 g/mol. The molecule has 0 radical (unpaired) electrons. The van der Waals surface area contributed by atoms with Gasteiger partial charge in [-0.05, 0) is 123 Å². The lowest BCUT2D eigenvalue weighted by molar-refractivity contribution is -0.161. The van der Waals surface area contributed by atoms with Crippen LogP contribution < -0.4 is 0 Å². The monoisotopic (exact) mass is 962 g/mol. The zero-order chi connectivity index (χ0) is 45.4. The summed E-state index contributed by atoms with van der Waals surface area (Å²) in [6.45, 7) is 32.4. The van der Waals surface area contributed by atoms with Crippen LogP contribution in [0.4, 0.5) is 0 Å². The number of carbonyl (C=O) groups is 2. The van der Waals surface area contributed by atoms with Crippen LogP contribution in [0.1, 0.15) is 116 Å². The summed E-state index contributed by atoms with van der Waals surface area (Å²) in [5, 5.41) is 0. The van der Waals surface area contributed by atoms with Crippen LogP contribution in [0.15, 0.2) is 0 Å². The van der Waals surface area contributed by atoms with Gasteiger partial charge in [-0.3, -0.25) is 18.6 Å². The van der Waals surface area contributed by atoms with E-state index in [9.17, 15) is 19.0 Å². The predicted octanol–water partition coefficient (Wildman–Crippen LogP) is 12.8. The number of esters is 2. The fourth-order valence-electron chi connectivity index (χ4n) is 7.40. The van der Waals surface area contributed by atoms with E-state index < -0.39 is 82.9 Å². The van der Waals surface area contributed by atoms with Gasteiger partial charge in [0.15, 0.2) is 39.4 Å². The Hall–Kier alpha value is 0.191. The number of ether oxygens (including phenoxy) is 2. The number of hydrogen-bond acceptors (Lipinski definition) is 11. The summed E-state index contributed by atoms with van der Waals surface area (Å²) in [5.41, 5.74) is 0. The van der Waals surface area contributed by atoms with Crippen LogP contribution in [0, 0.1) is 0 Å². The molecule has 352 valence electrons. The first-order valence-electron chi connectivity index (χ1n) is 22.7. The molecule has 0 fully saturated rings. The number of phosphoric acid groups is 1. The number of rotatable bonds is 37. The molecule has 0 aliphatic rings. The lowest BCUT2D eigenvalue weighted by atomic mass is 10.1. The van der Waals surface area contributed by atoms with Gasteiger partial charge in [-0.25, -0.2) is 4.57 Å². The Kier molecular flexibility index (Phi) is 29.0. The average molecular weight is 964 g/mol. The molecular formula is C40H91O12PSi6. The molecule has 0 rings (SSSR count). The summed E-state index contributed by atoms with van der Waals surface area (Å²) < 4.78 is 59.3. The van der Waals surface area contributed by atoms with E-state index in [4.69, 9.17) is 35.0 Å². The highest BCUT2D eigenvalue weighted by Gasteiger charge is 2.39. The summed E-state index contributed by atoms with van der Waals surface area (Å²) in [5.74, 6) is -0.841. The zero-order valence-corrected chi connectivity index (χ0v) is 47.4. The van der Waals surface area contributed by atoms with Crippen molar-refractivity contribution in [3.8, 4) is 0 Å². The third-order valence-electron chi connectivity index (χ3n) is 9.08. The highest BCUT2D eigenvalue weighted by atomic mass is 31.2. The van der Waals surface area contributed by atoms with E-state index in [1.165, 1.54) is 19.3 Å². The van der Waals surface area contributed by atoms with Gasteiger partial charge < -0.3 is 30.8 Å². The SMILES string of the molecule is CCCOP(=O)(O)OCC(COC(=O)CCCCCCCCC[Si](C)(C)O[Si](C)(C)O[Si](C)(C)C)OC(=O)CCCCCCCCC[Si](C)(C)O[Si](C)(C)O[Si](C)(C)C. The Labute approximate surface area is 368 Å². The van der Waals surface area contributed by atoms with Crippen molar-refractivity contribution in [1.29, 1.82) is 0 Å². The summed E-state index contributed by atoms with van der Waals surface area (Å²) in [4.78, 5) is 35.3. The first kappa shape index (κ1) is 59.2. The molecule has 0 bridgehead atoms. The molecule has 0 saturated heterocycles. The average Bonchev–Trinajstić information content (AvgIpc) is 3.03. The van der Waals surface area contributed by atoms with E-state index in [2.05, 4.69) is 91.7 Å². The van der Waals surface area contributed by atoms with Gasteiger partial charge >= 0.3 is 36.9 Å². The van der Waals surface area contributed by atoms with E-state index in [0.29, 0.717) is 19.3 Å². The molecule has 0 heterocycles. The first-order valence-corrected chi connectivity index (χ1v) is 42.9. The number of unbranched alkanes of at least 4 members (excludes halogenated alkanes) is 12. The van der Waals surface area contributed by atoms with Crippen molar-refractivity contribution in [1.82, 2.24) is 0 Å². The van der Waals surface area contributed by atoms with Crippen molar-refractivity contribution in [3.05, 3.63) is 0 Å². The second-order valence-corrected chi connectivity index (χ2v) is 47.1. The Morgan fingerprint density at radius 1 is 0.508 bits per heavy atom. The lowest BCUT2D eigenvalue weighted by Crippen LogP contribution is -2.51. The van der Waals surface area contributed by atoms with Crippen LogP contribution in [0.3, 0.4) is 0 Å². The summed E-state index contributed by atoms with van der Waals surface area (Å²) in [7, 11) is -15.3. The third-order valence-corrected chi connectivity index (χ3v) is 30.4. The molecule has 0 spiro atoms. The molecule has 2 unspecified atom stereocenters. The Morgan fingerprint density at radius 3 is 1.27 bits per heavy atom. The third kappa shape index (κ3) is 37.3. The normalized spacial score (nSPS) is 14.9. The minimum atomic E-state index is -4.33. The molecule has 0 aromatic carbocycles. The van der Waals surface area contributed by atoms with Gasteiger partial charge in [-0.15, -0.1) is 0 Å². The van der Waals surface area contributed by atoms with Gasteiger partial charge in [0.05, 0.1) is 13.2 Å². The first-order chi connectivity index (χ1) is 27.0. The van der Waals surface area contributed by atoms with E-state index in [1.54, 1.807) is 0 Å². The highest BCUT2D eigenvalue weighted by Crippen LogP contribution is 2.43. The summed E-state index contributed by atoms with van der Waals surface area (Å²) in [6.07, 6.45) is 14.5. The van der Waals surface area contributed by atoms with Crippen LogP contribution in [0.25, 0.3) is 0 Å². The van der Waals surface area contributed by atoms with Gasteiger partial charge in [0.1, 0.15) is 6.61 Å². The Balaban J connectivity index is 4.49. The largest absolute Gasteiger partial charge is 0.472 e. The van der Waals surface area contributed by atoms with E-state index in [0.717, 1.165) is 69.9 Å². The minimum Gasteiger partial charge on any atom is -0.462 e. The van der Waals surface area contributed by atoms with Crippen LogP contribution in [-0.4, -0.2) is 93.1 Å². The lowest BCUT2D eigenvalue weighted by Gasteiger charge is -2.37. The highest BCUT2D eigenvalue weighted by molar-refractivity contribution is 7.47. The summed E-state index contributed by atoms with van der Waals surface area (Å²) >= 11 is 0. The molecule has 1 N–H and O–H groups in total. The van der Waals surface area contributed by atoms with E-state index in [-0.39, 0.29) is 26.1 Å². The molecule has 0 aromatic heterocycles. The fourth-order valence-corrected chi connectivity index (χ4v) is 34.8. The maximum Gasteiger partial charge on any atom is 0.472 e. The van der Waals surface area contributed by atoms with Crippen molar-refractivity contribution in [2.24, 2.45) is 0 Å². The molecule has 59 heavy (non-hydrogen) atoms. The van der Waals surface area contributed by atoms with Crippen LogP contribution >= 0.6 is 7.82 Å². The molecule has 2 atom stereocenters. The van der Waals surface area contributed by atoms with E-state index >= 15 is 0 Å². The standard InChI is InChI=1S/C40H91O12PSi6/c1-16-33-46-53(43,44)47-37-38(48-40(42)32-28-24-20-18-22-26-30-35-57(10,11)52-59(14,15)50-55(5,6)7)36-45-39(41)31-27-23-19-17-21-25-29-34-56(8,9)51-58(12,13)49-54(2,3)4/h38H,16-37H2,1-15H3,(H,43,44). The molecule has 19 heteroatoms. The van der Waals surface area contributed by atoms with Gasteiger partial charge in [0.25, 0.3) is 0 Å². The Morgan fingerprint density at radius 2 is 0.881 bits per heavy atom. The number of carbonyl (C=O) groups excluding carboxylic acids is 2. The molecule has 0 amide bonds. The maximum absolute atomic E-state index is 12.7. The van der Waals surface area contributed by atoms with Crippen molar-refractivity contribution >= 4 is 70.2 Å². The van der Waals surface area contributed by atoms with Gasteiger partial charge in [-0.1, -0.05) is 84.0 Å². The van der Waals surface area contributed by atoms with Gasteiger partial charge in [0, 0.05) is 12.8 Å². The topological polar surface area (TPSA) is 145 Å². The van der Waals surface area contributed by atoms with Crippen LogP contribution in [0.2, 0.25) is 104 Å². The van der Waals surface area contributed by atoms with Crippen molar-refractivity contribution < 1.29 is 54.0 Å². The fraction of sp³-hybridized carbons (Fsp3) is 0.950. The summed E-state index contributed by atoms with van der Waals surface area (Å²) in [6, 6.07) is 2.27. The molecule has 0 aliphatic heterocycles. The predicted molar refractivity (Wildman–Crippen MR) is 257 cm³/mol. The minimum absolute atomic E-state index is 0.0541. The molecule has 0 aromatic rings. The van der Waals surface area contributed by atoms with Crippen molar-refractivity contribution in [2.45, 2.75) is 226 Å². The molecule has 12 nitrogen and oxygen atoms in total. The van der Waals surface area contributed by atoms with Crippen molar-refractivity contribution in [3.63, 3.8) is 0 Å². The quantitative estimate of drug-likeness (QED) is 0.0274. The van der Waals surface area contributed by atoms with Crippen LogP contribution in [0.5, 0.6) is 0 Å².